The minimum absolute atomic E-state index is 0. The minimum Gasteiger partial charge on any atom is -0.497 e. The van der Waals surface area contributed by atoms with E-state index < -0.39 is 11.9 Å². The molecule has 1 aromatic heterocycles. The number of nitrogens with one attached hydrogen (secondary N) is 2. The van der Waals surface area contributed by atoms with Crippen LogP contribution in [-0.2, 0) is 12.6 Å². The number of hydrogen-bond donors (Lipinski definition) is 2. The molecule has 174 valence electrons. The molecule has 1 aromatic carbocycles. The average Bonchev–Trinajstić information content (AvgIpc) is 3.17. The Labute approximate surface area is 202 Å². The summed E-state index contributed by atoms with van der Waals surface area (Å²) in [5, 5.41) is 7.82. The summed E-state index contributed by atoms with van der Waals surface area (Å²) in [6.45, 7) is 3.57. The number of aliphatic imine (C=N–C) groups is 1. The molecule has 2 rings (SSSR count). The van der Waals surface area contributed by atoms with Gasteiger partial charge in [0.25, 0.3) is 0 Å². The highest BCUT2D eigenvalue weighted by molar-refractivity contribution is 14.0. The van der Waals surface area contributed by atoms with E-state index in [1.807, 2.05) is 45.3 Å². The fourth-order valence-electron chi connectivity index (χ4n) is 2.78. The lowest BCUT2D eigenvalue weighted by atomic mass is 10.1. The van der Waals surface area contributed by atoms with Crippen LogP contribution in [0.15, 0.2) is 34.6 Å². The van der Waals surface area contributed by atoms with Gasteiger partial charge in [-0.25, -0.2) is 4.98 Å². The number of benzene rings is 1. The van der Waals surface area contributed by atoms with E-state index in [1.165, 1.54) is 0 Å². The Morgan fingerprint density at radius 1 is 1.29 bits per heavy atom. The minimum atomic E-state index is -4.40. The van der Waals surface area contributed by atoms with Crippen LogP contribution in [0.1, 0.15) is 29.2 Å². The van der Waals surface area contributed by atoms with E-state index in [0.717, 1.165) is 28.0 Å². The third-order valence-corrected chi connectivity index (χ3v) is 5.25. The number of halogens is 4. The summed E-state index contributed by atoms with van der Waals surface area (Å²) in [5.41, 5.74) is 0.247. The van der Waals surface area contributed by atoms with Crippen LogP contribution in [-0.4, -0.2) is 56.7 Å². The zero-order chi connectivity index (χ0) is 22.1. The molecule has 2 N–H and O–H groups in total. The molecule has 31 heavy (non-hydrogen) atoms. The Morgan fingerprint density at radius 3 is 2.61 bits per heavy atom. The number of methoxy groups -OCH3 is 1. The van der Waals surface area contributed by atoms with Crippen molar-refractivity contribution in [3.8, 4) is 5.75 Å². The maximum Gasteiger partial charge on any atom is 0.434 e. The number of rotatable bonds is 9. The van der Waals surface area contributed by atoms with Gasteiger partial charge in [0.1, 0.15) is 5.75 Å². The van der Waals surface area contributed by atoms with E-state index in [1.54, 1.807) is 7.11 Å². The van der Waals surface area contributed by atoms with E-state index in [0.29, 0.717) is 37.0 Å². The van der Waals surface area contributed by atoms with Gasteiger partial charge < -0.3 is 20.3 Å². The van der Waals surface area contributed by atoms with Crippen molar-refractivity contribution in [3.63, 3.8) is 0 Å². The third kappa shape index (κ3) is 8.81. The van der Waals surface area contributed by atoms with Crippen LogP contribution >= 0.6 is 35.3 Å². The molecular weight excluding hydrogens is 542 g/mol. The summed E-state index contributed by atoms with van der Waals surface area (Å²) in [4.78, 5) is 10.4. The molecule has 0 amide bonds. The second kappa shape index (κ2) is 13.1. The molecule has 0 spiro atoms. The molecule has 0 fully saturated rings. The van der Waals surface area contributed by atoms with Crippen molar-refractivity contribution in [1.82, 2.24) is 20.5 Å². The van der Waals surface area contributed by atoms with Crippen molar-refractivity contribution in [2.45, 2.75) is 25.6 Å². The van der Waals surface area contributed by atoms with Crippen molar-refractivity contribution in [1.29, 1.82) is 0 Å². The number of aromatic nitrogens is 1. The molecule has 1 unspecified atom stereocenters. The first-order chi connectivity index (χ1) is 14.2. The summed E-state index contributed by atoms with van der Waals surface area (Å²) in [6, 6.07) is 7.91. The Morgan fingerprint density at radius 2 is 2.03 bits per heavy atom. The highest BCUT2D eigenvalue weighted by Gasteiger charge is 2.33. The van der Waals surface area contributed by atoms with E-state index >= 15 is 0 Å². The molecule has 2 aromatic rings. The number of thiazole rings is 1. The molecule has 1 heterocycles. The number of nitrogens with zero attached hydrogens (tertiary/aromatic N) is 3. The van der Waals surface area contributed by atoms with Crippen LogP contribution in [0.2, 0.25) is 0 Å². The summed E-state index contributed by atoms with van der Waals surface area (Å²) in [6.07, 6.45) is -4.02. The number of guanidine groups is 1. The normalized spacial score (nSPS) is 13.0. The van der Waals surface area contributed by atoms with Crippen LogP contribution in [0.25, 0.3) is 0 Å². The number of hydrogen-bond acceptors (Lipinski definition) is 5. The van der Waals surface area contributed by atoms with Crippen molar-refractivity contribution in [3.05, 3.63) is 45.9 Å². The quantitative estimate of drug-likeness (QED) is 0.269. The van der Waals surface area contributed by atoms with Crippen LogP contribution in [0.4, 0.5) is 13.2 Å². The fourth-order valence-corrected chi connectivity index (χ4v) is 3.58. The van der Waals surface area contributed by atoms with Gasteiger partial charge in [-0.15, -0.1) is 35.3 Å². The largest absolute Gasteiger partial charge is 0.497 e. The maximum atomic E-state index is 12.7. The number of alkyl halides is 3. The first-order valence-corrected chi connectivity index (χ1v) is 10.5. The van der Waals surface area contributed by atoms with Gasteiger partial charge in [-0.3, -0.25) is 4.99 Å². The Kier molecular flexibility index (Phi) is 11.6. The molecule has 0 bridgehead atoms. The van der Waals surface area contributed by atoms with E-state index in [9.17, 15) is 13.2 Å². The van der Waals surface area contributed by atoms with Crippen LogP contribution in [0.5, 0.6) is 5.75 Å². The van der Waals surface area contributed by atoms with Crippen molar-refractivity contribution in [2.75, 3.05) is 40.8 Å². The fraction of sp³-hybridized carbons (Fsp3) is 0.500. The first-order valence-electron chi connectivity index (χ1n) is 9.58. The summed E-state index contributed by atoms with van der Waals surface area (Å²) >= 11 is 1.01. The molecule has 0 saturated heterocycles. The van der Waals surface area contributed by atoms with Gasteiger partial charge in [0.15, 0.2) is 11.7 Å². The first kappa shape index (κ1) is 27.4. The maximum absolute atomic E-state index is 12.7. The van der Waals surface area contributed by atoms with Gasteiger partial charge in [0, 0.05) is 24.9 Å². The molecule has 1 atom stereocenters. The molecule has 11 heteroatoms. The summed E-state index contributed by atoms with van der Waals surface area (Å²) in [5.74, 6) is 1.40. The van der Waals surface area contributed by atoms with Crippen molar-refractivity contribution < 1.29 is 17.9 Å². The smallest absolute Gasteiger partial charge is 0.434 e. The topological polar surface area (TPSA) is 61.8 Å². The van der Waals surface area contributed by atoms with Crippen LogP contribution < -0.4 is 15.4 Å². The second-order valence-electron chi connectivity index (χ2n) is 6.78. The van der Waals surface area contributed by atoms with Gasteiger partial charge in [0.05, 0.1) is 24.7 Å². The van der Waals surface area contributed by atoms with Crippen molar-refractivity contribution >= 4 is 41.3 Å². The highest BCUT2D eigenvalue weighted by Crippen LogP contribution is 2.30. The molecular formula is C20H29F3IN5OS. The van der Waals surface area contributed by atoms with Crippen LogP contribution in [0, 0.1) is 0 Å². The second-order valence-corrected chi connectivity index (χ2v) is 7.72. The van der Waals surface area contributed by atoms with Gasteiger partial charge in [-0.05, 0) is 38.7 Å². The lowest BCUT2D eigenvalue weighted by Crippen LogP contribution is -2.39. The molecule has 0 aliphatic carbocycles. The summed E-state index contributed by atoms with van der Waals surface area (Å²) in [7, 11) is 5.61. The molecule has 0 aliphatic heterocycles. The number of ether oxygens (including phenoxy) is 1. The molecule has 0 aliphatic rings. The molecule has 6 nitrogen and oxygen atoms in total. The lowest BCUT2D eigenvalue weighted by Gasteiger charge is -2.24. The zero-order valence-corrected chi connectivity index (χ0v) is 21.1. The lowest BCUT2D eigenvalue weighted by molar-refractivity contribution is -0.140. The standard InChI is InChI=1S/C20H28F3N5OS.HI/c1-5-24-19(25-10-9-18-27-17(13-30-18)20(21,22)23)26-12-16(28(2)3)14-7-6-8-15(11-14)29-4;/h6-8,11,13,16H,5,9-10,12H2,1-4H3,(H2,24,25,26);1H. The van der Waals surface area contributed by atoms with Crippen molar-refractivity contribution in [2.24, 2.45) is 4.99 Å². The number of likely N-dealkylation sites (N-methyl/N-ethyl adjacent to an activating group) is 1. The Hall–Kier alpha value is -1.60. The predicted octanol–water partition coefficient (Wildman–Crippen LogP) is 4.19. The predicted molar refractivity (Wildman–Crippen MR) is 130 cm³/mol. The monoisotopic (exact) mass is 571 g/mol. The SMILES string of the molecule is CCNC(=NCC(c1cccc(OC)c1)N(C)C)NCCc1nc(C(F)(F)F)cs1.I. The Bertz CT molecular complexity index is 829. The average molecular weight is 571 g/mol. The van der Waals surface area contributed by atoms with Crippen LogP contribution in [0.3, 0.4) is 0 Å². The zero-order valence-electron chi connectivity index (χ0n) is 18.0. The van der Waals surface area contributed by atoms with Gasteiger partial charge >= 0.3 is 6.18 Å². The summed E-state index contributed by atoms with van der Waals surface area (Å²) < 4.78 is 43.3. The van der Waals surface area contributed by atoms with E-state index in [2.05, 4.69) is 25.5 Å². The van der Waals surface area contributed by atoms with E-state index in [4.69, 9.17) is 4.74 Å². The highest BCUT2D eigenvalue weighted by atomic mass is 127. The molecule has 0 radical (unpaired) electrons. The van der Waals surface area contributed by atoms with E-state index in [-0.39, 0.29) is 30.0 Å². The third-order valence-electron chi connectivity index (χ3n) is 4.34. The van der Waals surface area contributed by atoms with Gasteiger partial charge in [0.2, 0.25) is 0 Å². The van der Waals surface area contributed by atoms with Gasteiger partial charge in [-0.1, -0.05) is 12.1 Å². The van der Waals surface area contributed by atoms with Gasteiger partial charge in [-0.2, -0.15) is 13.2 Å². The Balaban J connectivity index is 0.00000480. The molecule has 0 saturated carbocycles.